The number of nitrogens with one attached hydrogen (secondary N) is 1. The summed E-state index contributed by atoms with van der Waals surface area (Å²) in [5.74, 6) is -0.307. The van der Waals surface area contributed by atoms with Crippen LogP contribution in [0, 0.1) is 6.92 Å². The van der Waals surface area contributed by atoms with Crippen molar-refractivity contribution in [1.82, 2.24) is 9.99 Å². The lowest BCUT2D eigenvalue weighted by atomic mass is 10.2. The molecule has 0 radical (unpaired) electrons. The van der Waals surface area contributed by atoms with Gasteiger partial charge in [-0.25, -0.2) is 5.43 Å². The first kappa shape index (κ1) is 17.7. The molecule has 122 valence electrons. The first-order chi connectivity index (χ1) is 10.8. The number of aromatic hydroxyl groups is 1. The molecule has 1 heterocycles. The fraction of sp³-hybridized carbons (Fsp3) is 0.250. The van der Waals surface area contributed by atoms with Gasteiger partial charge in [0.25, 0.3) is 5.91 Å². The van der Waals surface area contributed by atoms with Crippen LogP contribution in [-0.4, -0.2) is 21.8 Å². The quantitative estimate of drug-likeness (QED) is 0.545. The van der Waals surface area contributed by atoms with E-state index in [0.29, 0.717) is 20.6 Å². The summed E-state index contributed by atoms with van der Waals surface area (Å²) in [5, 5.41) is 13.6. The second kappa shape index (κ2) is 7.31. The number of amides is 1. The molecule has 0 aliphatic rings. The molecule has 7 heteroatoms. The number of carbonyl (C=O) groups is 1. The standard InChI is InChI=1S/C16H17Br2N3O2/c1-9(2)21-8-11(4-10(21)3)7-19-20-16(23)12-5-13(17)15(22)14(18)6-12/h4-9,22H,1-3H3,(H,20,23)/b19-7-. The van der Waals surface area contributed by atoms with E-state index < -0.39 is 0 Å². The van der Waals surface area contributed by atoms with Crippen LogP contribution in [0.5, 0.6) is 5.75 Å². The van der Waals surface area contributed by atoms with E-state index in [1.807, 2.05) is 19.2 Å². The van der Waals surface area contributed by atoms with Gasteiger partial charge in [-0.05, 0) is 70.8 Å². The van der Waals surface area contributed by atoms with Crippen LogP contribution >= 0.6 is 31.9 Å². The average Bonchev–Trinajstić information content (AvgIpc) is 2.85. The van der Waals surface area contributed by atoms with Gasteiger partial charge in [-0.2, -0.15) is 5.10 Å². The third kappa shape index (κ3) is 4.23. The van der Waals surface area contributed by atoms with E-state index in [0.717, 1.165) is 11.3 Å². The smallest absolute Gasteiger partial charge is 0.271 e. The molecule has 2 N–H and O–H groups in total. The van der Waals surface area contributed by atoms with Gasteiger partial charge in [0.05, 0.1) is 15.2 Å². The Hall–Kier alpha value is -1.60. The van der Waals surface area contributed by atoms with Gasteiger partial charge in [0, 0.05) is 29.1 Å². The zero-order valence-corrected chi connectivity index (χ0v) is 16.1. The first-order valence-electron chi connectivity index (χ1n) is 6.99. The lowest BCUT2D eigenvalue weighted by molar-refractivity contribution is 0.0955. The molecule has 2 rings (SSSR count). The summed E-state index contributed by atoms with van der Waals surface area (Å²) in [5.41, 5.74) is 4.92. The minimum Gasteiger partial charge on any atom is -0.506 e. The molecule has 2 aromatic rings. The van der Waals surface area contributed by atoms with Crippen molar-refractivity contribution >= 4 is 44.0 Å². The zero-order valence-electron chi connectivity index (χ0n) is 13.0. The van der Waals surface area contributed by atoms with Gasteiger partial charge in [-0.3, -0.25) is 4.79 Å². The Morgan fingerprint density at radius 1 is 1.30 bits per heavy atom. The van der Waals surface area contributed by atoms with Gasteiger partial charge in [0.15, 0.2) is 0 Å². The molecule has 1 aromatic heterocycles. The van der Waals surface area contributed by atoms with Crippen LogP contribution in [-0.2, 0) is 0 Å². The topological polar surface area (TPSA) is 66.6 Å². The summed E-state index contributed by atoms with van der Waals surface area (Å²) in [6.07, 6.45) is 3.59. The molecule has 5 nitrogen and oxygen atoms in total. The normalized spacial score (nSPS) is 11.4. The third-order valence-corrected chi connectivity index (χ3v) is 4.50. The number of rotatable bonds is 4. The minimum atomic E-state index is -0.359. The Morgan fingerprint density at radius 2 is 1.91 bits per heavy atom. The van der Waals surface area contributed by atoms with Crippen LogP contribution in [0.4, 0.5) is 0 Å². The van der Waals surface area contributed by atoms with E-state index in [1.54, 1.807) is 6.21 Å². The zero-order chi connectivity index (χ0) is 17.1. The number of hydrogen-bond donors (Lipinski definition) is 2. The number of halogens is 2. The van der Waals surface area contributed by atoms with Gasteiger partial charge < -0.3 is 9.67 Å². The third-order valence-electron chi connectivity index (χ3n) is 3.29. The number of phenols is 1. The van der Waals surface area contributed by atoms with E-state index in [-0.39, 0.29) is 11.7 Å². The molecule has 1 aromatic carbocycles. The maximum atomic E-state index is 12.1. The van der Waals surface area contributed by atoms with Crippen molar-refractivity contribution in [3.8, 4) is 5.75 Å². The van der Waals surface area contributed by atoms with E-state index in [1.165, 1.54) is 12.1 Å². The van der Waals surface area contributed by atoms with Crippen molar-refractivity contribution in [3.05, 3.63) is 50.2 Å². The second-order valence-corrected chi connectivity index (χ2v) is 7.11. The fourth-order valence-corrected chi connectivity index (χ4v) is 3.36. The molecule has 0 spiro atoms. The minimum absolute atomic E-state index is 0.0514. The Balaban J connectivity index is 2.08. The molecule has 0 atom stereocenters. The van der Waals surface area contributed by atoms with E-state index in [9.17, 15) is 9.90 Å². The van der Waals surface area contributed by atoms with Gasteiger partial charge in [0.2, 0.25) is 0 Å². The molecule has 0 aliphatic heterocycles. The summed E-state index contributed by atoms with van der Waals surface area (Å²) < 4.78 is 3.01. The largest absolute Gasteiger partial charge is 0.506 e. The predicted octanol–water partition coefficient (Wildman–Crippen LogP) is 4.37. The van der Waals surface area contributed by atoms with Crippen molar-refractivity contribution in [2.45, 2.75) is 26.8 Å². The molecule has 0 unspecified atom stereocenters. The number of benzene rings is 1. The lowest BCUT2D eigenvalue weighted by Gasteiger charge is -2.08. The Morgan fingerprint density at radius 3 is 2.43 bits per heavy atom. The molecule has 23 heavy (non-hydrogen) atoms. The Bertz CT molecular complexity index is 744. The van der Waals surface area contributed by atoms with Gasteiger partial charge in [-0.1, -0.05) is 0 Å². The number of hydrogen-bond acceptors (Lipinski definition) is 3. The number of hydrazone groups is 1. The van der Waals surface area contributed by atoms with Crippen molar-refractivity contribution in [1.29, 1.82) is 0 Å². The Labute approximate surface area is 151 Å². The summed E-state index contributed by atoms with van der Waals surface area (Å²) in [4.78, 5) is 12.1. The van der Waals surface area contributed by atoms with Crippen LogP contribution in [0.3, 0.4) is 0 Å². The van der Waals surface area contributed by atoms with Crippen molar-refractivity contribution in [2.75, 3.05) is 0 Å². The van der Waals surface area contributed by atoms with Crippen molar-refractivity contribution in [3.63, 3.8) is 0 Å². The van der Waals surface area contributed by atoms with E-state index in [4.69, 9.17) is 0 Å². The maximum absolute atomic E-state index is 12.1. The molecule has 0 aliphatic carbocycles. The average molecular weight is 443 g/mol. The van der Waals surface area contributed by atoms with Crippen LogP contribution < -0.4 is 5.43 Å². The lowest BCUT2D eigenvalue weighted by Crippen LogP contribution is -2.17. The number of carbonyl (C=O) groups excluding carboxylic acids is 1. The summed E-state index contributed by atoms with van der Waals surface area (Å²) in [6, 6.07) is 5.44. The fourth-order valence-electron chi connectivity index (χ4n) is 2.17. The number of aromatic nitrogens is 1. The van der Waals surface area contributed by atoms with Gasteiger partial charge >= 0.3 is 0 Å². The van der Waals surface area contributed by atoms with Crippen LogP contribution in [0.15, 0.2) is 38.4 Å². The van der Waals surface area contributed by atoms with Crippen LogP contribution in [0.2, 0.25) is 0 Å². The molecular weight excluding hydrogens is 426 g/mol. The number of nitrogens with zero attached hydrogens (tertiary/aromatic N) is 2. The molecule has 0 saturated heterocycles. The first-order valence-corrected chi connectivity index (χ1v) is 8.58. The van der Waals surface area contributed by atoms with Gasteiger partial charge in [-0.15, -0.1) is 0 Å². The highest BCUT2D eigenvalue weighted by Crippen LogP contribution is 2.33. The number of phenolic OH excluding ortho intramolecular Hbond substituents is 1. The highest BCUT2D eigenvalue weighted by Gasteiger charge is 2.11. The van der Waals surface area contributed by atoms with Crippen molar-refractivity contribution in [2.24, 2.45) is 5.10 Å². The highest BCUT2D eigenvalue weighted by atomic mass is 79.9. The van der Waals surface area contributed by atoms with Crippen LogP contribution in [0.25, 0.3) is 0 Å². The summed E-state index contributed by atoms with van der Waals surface area (Å²) in [6.45, 7) is 6.24. The summed E-state index contributed by atoms with van der Waals surface area (Å²) in [7, 11) is 0. The summed E-state index contributed by atoms with van der Waals surface area (Å²) >= 11 is 6.39. The molecule has 0 saturated carbocycles. The molecule has 1 amide bonds. The molecule has 0 fully saturated rings. The molecular formula is C16H17Br2N3O2. The van der Waals surface area contributed by atoms with E-state index >= 15 is 0 Å². The monoisotopic (exact) mass is 441 g/mol. The SMILES string of the molecule is Cc1cc(/C=N\NC(=O)c2cc(Br)c(O)c(Br)c2)cn1C(C)C. The predicted molar refractivity (Wildman–Crippen MR) is 98.1 cm³/mol. The molecule has 0 bridgehead atoms. The van der Waals surface area contributed by atoms with E-state index in [2.05, 4.69) is 60.8 Å². The van der Waals surface area contributed by atoms with Crippen molar-refractivity contribution < 1.29 is 9.90 Å². The van der Waals surface area contributed by atoms with Gasteiger partial charge in [0.1, 0.15) is 5.75 Å². The Kier molecular flexibility index (Phi) is 5.64. The highest BCUT2D eigenvalue weighted by molar-refractivity contribution is 9.11. The maximum Gasteiger partial charge on any atom is 0.271 e. The van der Waals surface area contributed by atoms with Crippen LogP contribution in [0.1, 0.15) is 41.5 Å². The number of aryl methyl sites for hydroxylation is 1. The second-order valence-electron chi connectivity index (χ2n) is 5.40.